The van der Waals surface area contributed by atoms with Crippen molar-refractivity contribution in [2.75, 3.05) is 5.32 Å². The van der Waals surface area contributed by atoms with Crippen LogP contribution in [0.3, 0.4) is 0 Å². The Morgan fingerprint density at radius 2 is 1.79 bits per heavy atom. The smallest absolute Gasteiger partial charge is 0.250 e. The van der Waals surface area contributed by atoms with E-state index in [0.717, 1.165) is 28.1 Å². The summed E-state index contributed by atoms with van der Waals surface area (Å²) in [6, 6.07) is 25.0. The third-order valence-corrected chi connectivity index (χ3v) is 6.08. The first-order valence-electron chi connectivity index (χ1n) is 10.5. The van der Waals surface area contributed by atoms with Crippen LogP contribution in [0, 0.1) is 0 Å². The summed E-state index contributed by atoms with van der Waals surface area (Å²) in [6.45, 7) is 0.507. The number of thiazole rings is 1. The molecule has 8 heteroatoms. The van der Waals surface area contributed by atoms with Gasteiger partial charge in [-0.25, -0.2) is 4.52 Å². The number of aromatic nitrogens is 3. The number of hydrogen-bond acceptors (Lipinski definition) is 5. The molecule has 2 heterocycles. The Labute approximate surface area is 205 Å². The lowest BCUT2D eigenvalue weighted by Gasteiger charge is -2.06. The standard InChI is InChI=1S/C26H19ClN4O2S/c27-21-11-9-20(10-12-21)23-17-34-26-29-25(30-31(23)26)28-24(32)15-8-18-6-13-22(14-7-18)33-16-19-4-2-1-3-5-19/h1-15,17H,16H2,(H,28,30,32)/b15-8+. The fourth-order valence-electron chi connectivity index (χ4n) is 3.29. The van der Waals surface area contributed by atoms with Crippen molar-refractivity contribution in [3.05, 3.63) is 106 Å². The minimum absolute atomic E-state index is 0.251. The van der Waals surface area contributed by atoms with Gasteiger partial charge in [0, 0.05) is 22.0 Å². The topological polar surface area (TPSA) is 68.5 Å². The van der Waals surface area contributed by atoms with Gasteiger partial charge in [-0.1, -0.05) is 66.2 Å². The summed E-state index contributed by atoms with van der Waals surface area (Å²) in [5.74, 6) is 0.710. The van der Waals surface area contributed by atoms with Crippen molar-refractivity contribution in [1.29, 1.82) is 0 Å². The molecular formula is C26H19ClN4O2S. The number of carbonyl (C=O) groups is 1. The SMILES string of the molecule is O=C(/C=C/c1ccc(OCc2ccccc2)cc1)Nc1nc2scc(-c3ccc(Cl)cc3)n2n1. The summed E-state index contributed by atoms with van der Waals surface area (Å²) in [4.78, 5) is 17.5. The molecule has 0 aliphatic rings. The van der Waals surface area contributed by atoms with Crippen molar-refractivity contribution < 1.29 is 9.53 Å². The van der Waals surface area contributed by atoms with Crippen molar-refractivity contribution in [3.63, 3.8) is 0 Å². The first-order valence-corrected chi connectivity index (χ1v) is 11.8. The Kier molecular flexibility index (Phi) is 6.38. The van der Waals surface area contributed by atoms with Gasteiger partial charge in [-0.3, -0.25) is 10.1 Å². The normalized spacial score (nSPS) is 11.2. The molecule has 0 atom stereocenters. The molecule has 5 aromatic rings. The molecule has 168 valence electrons. The lowest BCUT2D eigenvalue weighted by molar-refractivity contribution is -0.111. The van der Waals surface area contributed by atoms with Crippen LogP contribution in [0.4, 0.5) is 5.95 Å². The number of amides is 1. The van der Waals surface area contributed by atoms with E-state index in [1.165, 1.54) is 17.4 Å². The number of hydrogen-bond donors (Lipinski definition) is 1. The molecule has 3 aromatic carbocycles. The van der Waals surface area contributed by atoms with Gasteiger partial charge >= 0.3 is 0 Å². The van der Waals surface area contributed by atoms with Gasteiger partial charge in [0.2, 0.25) is 4.96 Å². The Morgan fingerprint density at radius 3 is 2.56 bits per heavy atom. The molecule has 0 saturated heterocycles. The second-order valence-electron chi connectivity index (χ2n) is 7.42. The van der Waals surface area contributed by atoms with Gasteiger partial charge in [-0.2, -0.15) is 4.98 Å². The molecule has 34 heavy (non-hydrogen) atoms. The highest BCUT2D eigenvalue weighted by Crippen LogP contribution is 2.27. The van der Waals surface area contributed by atoms with Gasteiger partial charge < -0.3 is 4.74 Å². The highest BCUT2D eigenvalue weighted by atomic mass is 35.5. The maximum Gasteiger partial charge on any atom is 0.250 e. The molecule has 0 aliphatic carbocycles. The lowest BCUT2D eigenvalue weighted by atomic mass is 10.2. The van der Waals surface area contributed by atoms with E-state index in [2.05, 4.69) is 15.4 Å². The molecule has 0 radical (unpaired) electrons. The van der Waals surface area contributed by atoms with Crippen molar-refractivity contribution in [2.24, 2.45) is 0 Å². The Balaban J connectivity index is 1.20. The second kappa shape index (κ2) is 9.91. The number of ether oxygens (including phenoxy) is 1. The van der Waals surface area contributed by atoms with Gasteiger partial charge in [0.1, 0.15) is 12.4 Å². The number of anilines is 1. The quantitative estimate of drug-likeness (QED) is 0.272. The van der Waals surface area contributed by atoms with E-state index in [9.17, 15) is 4.79 Å². The van der Waals surface area contributed by atoms with Crippen LogP contribution in [0.2, 0.25) is 5.02 Å². The van der Waals surface area contributed by atoms with Crippen molar-refractivity contribution in [1.82, 2.24) is 14.6 Å². The zero-order valence-corrected chi connectivity index (χ0v) is 19.5. The second-order valence-corrected chi connectivity index (χ2v) is 8.70. The third-order valence-electron chi connectivity index (χ3n) is 5.01. The molecule has 1 amide bonds. The molecule has 1 N–H and O–H groups in total. The van der Waals surface area contributed by atoms with E-state index in [4.69, 9.17) is 16.3 Å². The molecule has 0 fully saturated rings. The van der Waals surface area contributed by atoms with Crippen LogP contribution in [0.25, 0.3) is 22.3 Å². The van der Waals surface area contributed by atoms with Crippen molar-refractivity contribution >= 4 is 45.8 Å². The molecule has 6 nitrogen and oxygen atoms in total. The molecule has 5 rings (SSSR count). The monoisotopic (exact) mass is 486 g/mol. The molecular weight excluding hydrogens is 468 g/mol. The third kappa shape index (κ3) is 5.17. The predicted molar refractivity (Wildman–Crippen MR) is 136 cm³/mol. The maximum atomic E-state index is 12.4. The average molecular weight is 487 g/mol. The number of nitrogens with one attached hydrogen (secondary N) is 1. The average Bonchev–Trinajstić information content (AvgIpc) is 3.44. The zero-order valence-electron chi connectivity index (χ0n) is 17.9. The first-order chi connectivity index (χ1) is 16.6. The largest absolute Gasteiger partial charge is 0.489 e. The van der Waals surface area contributed by atoms with E-state index < -0.39 is 0 Å². The van der Waals surface area contributed by atoms with E-state index >= 15 is 0 Å². The number of rotatable bonds is 7. The minimum atomic E-state index is -0.310. The van der Waals surface area contributed by atoms with Gasteiger partial charge in [0.05, 0.1) is 5.69 Å². The summed E-state index contributed by atoms with van der Waals surface area (Å²) in [6.07, 6.45) is 3.18. The molecule has 0 bridgehead atoms. The van der Waals surface area contributed by atoms with Crippen molar-refractivity contribution in [2.45, 2.75) is 6.61 Å². The van der Waals surface area contributed by atoms with Gasteiger partial charge in [0.25, 0.3) is 11.9 Å². The molecule has 2 aromatic heterocycles. The van der Waals surface area contributed by atoms with Crippen LogP contribution in [0.1, 0.15) is 11.1 Å². The Bertz CT molecular complexity index is 1440. The molecule has 0 spiro atoms. The number of fused-ring (bicyclic) bond motifs is 1. The zero-order chi connectivity index (χ0) is 23.3. The fourth-order valence-corrected chi connectivity index (χ4v) is 4.25. The predicted octanol–water partition coefficient (Wildman–Crippen LogP) is 6.34. The summed E-state index contributed by atoms with van der Waals surface area (Å²) in [7, 11) is 0. The van der Waals surface area contributed by atoms with Crippen LogP contribution in [-0.4, -0.2) is 20.5 Å². The van der Waals surface area contributed by atoms with Gasteiger partial charge in [0.15, 0.2) is 0 Å². The summed E-state index contributed by atoms with van der Waals surface area (Å²) < 4.78 is 7.50. The van der Waals surface area contributed by atoms with E-state index in [1.54, 1.807) is 10.6 Å². The van der Waals surface area contributed by atoms with E-state index in [-0.39, 0.29) is 11.9 Å². The lowest BCUT2D eigenvalue weighted by Crippen LogP contribution is -2.09. The number of halogens is 1. The number of nitrogens with zero attached hydrogens (tertiary/aromatic N) is 3. The summed E-state index contributed by atoms with van der Waals surface area (Å²) in [5.41, 5.74) is 3.84. The van der Waals surface area contributed by atoms with Crippen LogP contribution >= 0.6 is 22.9 Å². The van der Waals surface area contributed by atoms with Crippen LogP contribution in [-0.2, 0) is 11.4 Å². The Morgan fingerprint density at radius 1 is 1.03 bits per heavy atom. The van der Waals surface area contributed by atoms with Crippen LogP contribution < -0.4 is 10.1 Å². The van der Waals surface area contributed by atoms with Gasteiger partial charge in [-0.15, -0.1) is 16.4 Å². The van der Waals surface area contributed by atoms with Crippen LogP contribution in [0.15, 0.2) is 90.3 Å². The van der Waals surface area contributed by atoms with E-state index in [1.807, 2.05) is 84.2 Å². The highest BCUT2D eigenvalue weighted by molar-refractivity contribution is 7.15. The molecule has 0 saturated carbocycles. The summed E-state index contributed by atoms with van der Waals surface area (Å²) in [5, 5.41) is 9.78. The number of carbonyl (C=O) groups excluding carboxylic acids is 1. The van der Waals surface area contributed by atoms with E-state index in [0.29, 0.717) is 16.6 Å². The fraction of sp³-hybridized carbons (Fsp3) is 0.0385. The maximum absolute atomic E-state index is 12.4. The van der Waals surface area contributed by atoms with Crippen LogP contribution in [0.5, 0.6) is 5.75 Å². The summed E-state index contributed by atoms with van der Waals surface area (Å²) >= 11 is 7.43. The molecule has 0 unspecified atom stereocenters. The van der Waals surface area contributed by atoms with Gasteiger partial charge in [-0.05, 0) is 41.5 Å². The minimum Gasteiger partial charge on any atom is -0.489 e. The number of benzene rings is 3. The Hall–Kier alpha value is -3.94. The van der Waals surface area contributed by atoms with Crippen molar-refractivity contribution in [3.8, 4) is 17.0 Å². The first kappa shape index (κ1) is 21.9. The molecule has 0 aliphatic heterocycles. The highest BCUT2D eigenvalue weighted by Gasteiger charge is 2.12.